The fourth-order valence-electron chi connectivity index (χ4n) is 2.51. The van der Waals surface area contributed by atoms with Crippen LogP contribution in [0.15, 0.2) is 62.8 Å². The summed E-state index contributed by atoms with van der Waals surface area (Å²) in [7, 11) is 1.63. The third-order valence-corrected chi connectivity index (χ3v) is 5.06. The highest BCUT2D eigenvalue weighted by Crippen LogP contribution is 2.28. The number of anilines is 1. The molecule has 2 aromatic carbocycles. The maximum absolute atomic E-state index is 12.4. The Balaban J connectivity index is 1.53. The normalized spacial score (nSPS) is 10.8. The van der Waals surface area contributed by atoms with Gasteiger partial charge in [0.2, 0.25) is 0 Å². The van der Waals surface area contributed by atoms with E-state index in [1.54, 1.807) is 13.2 Å². The van der Waals surface area contributed by atoms with Crippen molar-refractivity contribution in [1.29, 1.82) is 0 Å². The molecule has 4 rings (SSSR count). The lowest BCUT2D eigenvalue weighted by Crippen LogP contribution is -2.10. The molecule has 0 aliphatic heterocycles. The van der Waals surface area contributed by atoms with E-state index < -0.39 is 0 Å². The average molecular weight is 429 g/mol. The molecule has 5 nitrogen and oxygen atoms in total. The van der Waals surface area contributed by atoms with Gasteiger partial charge in [-0.15, -0.1) is 11.3 Å². The van der Waals surface area contributed by atoms with Crippen molar-refractivity contribution in [2.24, 2.45) is 0 Å². The van der Waals surface area contributed by atoms with Crippen LogP contribution >= 0.6 is 27.3 Å². The molecule has 1 amide bonds. The van der Waals surface area contributed by atoms with Crippen LogP contribution in [-0.4, -0.2) is 18.0 Å². The Morgan fingerprint density at radius 3 is 2.77 bits per heavy atom. The molecule has 0 bridgehead atoms. The van der Waals surface area contributed by atoms with Crippen LogP contribution in [0.4, 0.5) is 5.13 Å². The summed E-state index contributed by atoms with van der Waals surface area (Å²) < 4.78 is 11.7. The quantitative estimate of drug-likeness (QED) is 0.460. The van der Waals surface area contributed by atoms with E-state index >= 15 is 0 Å². The molecule has 0 fully saturated rings. The summed E-state index contributed by atoms with van der Waals surface area (Å²) in [6.45, 7) is 0. The van der Waals surface area contributed by atoms with Crippen molar-refractivity contribution in [2.45, 2.75) is 0 Å². The Labute approximate surface area is 161 Å². The van der Waals surface area contributed by atoms with E-state index in [2.05, 4.69) is 26.2 Å². The van der Waals surface area contributed by atoms with E-state index in [1.165, 1.54) is 11.3 Å². The van der Waals surface area contributed by atoms with Crippen LogP contribution in [0, 0.1) is 0 Å². The second-order valence-corrected chi connectivity index (χ2v) is 7.29. The summed E-state index contributed by atoms with van der Waals surface area (Å²) in [5.41, 5.74) is 2.41. The molecule has 0 unspecified atom stereocenters. The number of carbonyl (C=O) groups excluding carboxylic acids is 1. The maximum Gasteiger partial charge on any atom is 0.293 e. The molecule has 0 aliphatic carbocycles. The summed E-state index contributed by atoms with van der Waals surface area (Å²) in [6, 6.07) is 14.9. The largest absolute Gasteiger partial charge is 0.497 e. The number of thiazole rings is 1. The molecule has 26 heavy (non-hydrogen) atoms. The molecule has 0 saturated carbocycles. The SMILES string of the molecule is COc1ccc(-c2csc(NC(=O)c3cc4cc(Br)ccc4o3)n2)cc1. The number of benzene rings is 2. The smallest absolute Gasteiger partial charge is 0.293 e. The van der Waals surface area contributed by atoms with Crippen molar-refractivity contribution >= 4 is 49.3 Å². The fourth-order valence-corrected chi connectivity index (χ4v) is 3.60. The Bertz CT molecular complexity index is 1090. The summed E-state index contributed by atoms with van der Waals surface area (Å²) in [5, 5.41) is 6.06. The zero-order valence-electron chi connectivity index (χ0n) is 13.7. The third-order valence-electron chi connectivity index (χ3n) is 3.81. The Kier molecular flexibility index (Phi) is 4.48. The van der Waals surface area contributed by atoms with Gasteiger partial charge >= 0.3 is 0 Å². The fraction of sp³-hybridized carbons (Fsp3) is 0.0526. The number of aromatic nitrogens is 1. The number of carbonyl (C=O) groups is 1. The number of amides is 1. The molecule has 0 spiro atoms. The lowest BCUT2D eigenvalue weighted by Gasteiger charge is -2.00. The Hall–Kier alpha value is -2.64. The van der Waals surface area contributed by atoms with Crippen LogP contribution in [0.5, 0.6) is 5.75 Å². The highest BCUT2D eigenvalue weighted by Gasteiger charge is 2.15. The third kappa shape index (κ3) is 3.36. The number of nitrogens with zero attached hydrogens (tertiary/aromatic N) is 1. The van der Waals surface area contributed by atoms with E-state index in [0.717, 1.165) is 26.9 Å². The van der Waals surface area contributed by atoms with Crippen molar-refractivity contribution in [2.75, 3.05) is 12.4 Å². The first-order valence-corrected chi connectivity index (χ1v) is 9.40. The Morgan fingerprint density at radius 2 is 2.00 bits per heavy atom. The minimum atomic E-state index is -0.326. The van der Waals surface area contributed by atoms with E-state index in [9.17, 15) is 4.79 Å². The lowest BCUT2D eigenvalue weighted by atomic mass is 10.2. The highest BCUT2D eigenvalue weighted by molar-refractivity contribution is 9.10. The molecule has 2 aromatic heterocycles. The number of nitrogens with one attached hydrogen (secondary N) is 1. The van der Waals surface area contributed by atoms with E-state index in [-0.39, 0.29) is 11.7 Å². The summed E-state index contributed by atoms with van der Waals surface area (Å²) in [5.74, 6) is 0.710. The molecule has 2 heterocycles. The van der Waals surface area contributed by atoms with Crippen molar-refractivity contribution in [3.8, 4) is 17.0 Å². The molecule has 0 saturated heterocycles. The molecule has 130 valence electrons. The van der Waals surface area contributed by atoms with Gasteiger partial charge in [-0.3, -0.25) is 10.1 Å². The van der Waals surface area contributed by atoms with Crippen LogP contribution in [0.25, 0.3) is 22.2 Å². The van der Waals surface area contributed by atoms with Gasteiger partial charge in [0.15, 0.2) is 10.9 Å². The van der Waals surface area contributed by atoms with Gasteiger partial charge in [0.25, 0.3) is 5.91 Å². The maximum atomic E-state index is 12.4. The molecule has 0 radical (unpaired) electrons. The molecule has 0 aliphatic rings. The van der Waals surface area contributed by atoms with Gasteiger partial charge in [-0.1, -0.05) is 15.9 Å². The van der Waals surface area contributed by atoms with Crippen molar-refractivity contribution in [3.05, 3.63) is 64.1 Å². The van der Waals surface area contributed by atoms with Gasteiger partial charge in [-0.25, -0.2) is 4.98 Å². The molecule has 7 heteroatoms. The number of ether oxygens (including phenoxy) is 1. The number of furan rings is 1. The van der Waals surface area contributed by atoms with Gasteiger partial charge in [-0.05, 0) is 48.5 Å². The molecule has 4 aromatic rings. The minimum Gasteiger partial charge on any atom is -0.497 e. The number of fused-ring (bicyclic) bond motifs is 1. The molecule has 1 N–H and O–H groups in total. The summed E-state index contributed by atoms with van der Waals surface area (Å²) >= 11 is 4.77. The standard InChI is InChI=1S/C19H13BrN2O3S/c1-24-14-5-2-11(3-6-14)15-10-26-19(21-15)22-18(23)17-9-12-8-13(20)4-7-16(12)25-17/h2-10H,1H3,(H,21,22,23). The highest BCUT2D eigenvalue weighted by atomic mass is 79.9. The van der Waals surface area contributed by atoms with E-state index in [0.29, 0.717) is 10.7 Å². The molecular formula is C19H13BrN2O3S. The average Bonchev–Trinajstić information content (AvgIpc) is 3.28. The van der Waals surface area contributed by atoms with E-state index in [4.69, 9.17) is 9.15 Å². The van der Waals surface area contributed by atoms with Crippen LogP contribution in [0.1, 0.15) is 10.6 Å². The number of rotatable bonds is 4. The Morgan fingerprint density at radius 1 is 1.19 bits per heavy atom. The first-order valence-electron chi connectivity index (χ1n) is 7.73. The van der Waals surface area contributed by atoms with Gasteiger partial charge < -0.3 is 9.15 Å². The second kappa shape index (κ2) is 6.93. The number of hydrogen-bond acceptors (Lipinski definition) is 5. The van der Waals surface area contributed by atoms with Gasteiger partial charge in [0.1, 0.15) is 11.3 Å². The topological polar surface area (TPSA) is 64.4 Å². The zero-order valence-corrected chi connectivity index (χ0v) is 16.1. The van der Waals surface area contributed by atoms with Crippen molar-refractivity contribution in [1.82, 2.24) is 4.98 Å². The first kappa shape index (κ1) is 16.8. The van der Waals surface area contributed by atoms with Crippen LogP contribution in [0.3, 0.4) is 0 Å². The number of methoxy groups -OCH3 is 1. The lowest BCUT2D eigenvalue weighted by molar-refractivity contribution is 0.0998. The number of hydrogen-bond donors (Lipinski definition) is 1. The van der Waals surface area contributed by atoms with Crippen LogP contribution < -0.4 is 10.1 Å². The van der Waals surface area contributed by atoms with Gasteiger partial charge in [-0.2, -0.15) is 0 Å². The zero-order chi connectivity index (χ0) is 18.1. The van der Waals surface area contributed by atoms with Gasteiger partial charge in [0, 0.05) is 20.8 Å². The van der Waals surface area contributed by atoms with Crippen LogP contribution in [0.2, 0.25) is 0 Å². The number of halogens is 1. The first-order chi connectivity index (χ1) is 12.6. The molecule has 0 atom stereocenters. The summed E-state index contributed by atoms with van der Waals surface area (Å²) in [4.78, 5) is 16.9. The van der Waals surface area contributed by atoms with Crippen molar-refractivity contribution < 1.29 is 13.9 Å². The molecular weight excluding hydrogens is 416 g/mol. The van der Waals surface area contributed by atoms with Crippen LogP contribution in [-0.2, 0) is 0 Å². The predicted molar refractivity (Wildman–Crippen MR) is 106 cm³/mol. The van der Waals surface area contributed by atoms with Crippen molar-refractivity contribution in [3.63, 3.8) is 0 Å². The summed E-state index contributed by atoms with van der Waals surface area (Å²) in [6.07, 6.45) is 0. The minimum absolute atomic E-state index is 0.249. The monoisotopic (exact) mass is 428 g/mol. The second-order valence-electron chi connectivity index (χ2n) is 5.51. The van der Waals surface area contributed by atoms with Gasteiger partial charge in [0.05, 0.1) is 12.8 Å². The predicted octanol–water partition coefficient (Wildman–Crippen LogP) is 5.58. The van der Waals surface area contributed by atoms with E-state index in [1.807, 2.05) is 47.8 Å².